The van der Waals surface area contributed by atoms with Crippen LogP contribution in [0, 0.1) is 12.7 Å². The van der Waals surface area contributed by atoms with Gasteiger partial charge in [-0.15, -0.1) is 0 Å². The quantitative estimate of drug-likeness (QED) is 0.430. The minimum absolute atomic E-state index is 0.0180. The molecule has 0 fully saturated rings. The van der Waals surface area contributed by atoms with Gasteiger partial charge in [-0.3, -0.25) is 19.8 Å². The van der Waals surface area contributed by atoms with Crippen LogP contribution < -0.4 is 10.6 Å². The van der Waals surface area contributed by atoms with Gasteiger partial charge in [0.2, 0.25) is 5.91 Å². The lowest BCUT2D eigenvalue weighted by Gasteiger charge is -2.15. The third kappa shape index (κ3) is 4.43. The second-order valence-electron chi connectivity index (χ2n) is 7.18. The highest BCUT2D eigenvalue weighted by Gasteiger charge is 2.34. The molecule has 1 unspecified atom stereocenters. The van der Waals surface area contributed by atoms with Gasteiger partial charge in [0.15, 0.2) is 0 Å². The van der Waals surface area contributed by atoms with Gasteiger partial charge in [0.25, 0.3) is 0 Å². The number of rotatable bonds is 5. The summed E-state index contributed by atoms with van der Waals surface area (Å²) in [4.78, 5) is 24.3. The molecular weight excluding hydrogens is 426 g/mol. The third-order valence-electron chi connectivity index (χ3n) is 4.88. The number of nitrogens with zero attached hydrogens (tertiary/aromatic N) is 3. The lowest BCUT2D eigenvalue weighted by molar-refractivity contribution is -0.137. The molecular formula is C22H17F4N5O. The summed E-state index contributed by atoms with van der Waals surface area (Å²) in [5, 5.41) is 5.25. The lowest BCUT2D eigenvalue weighted by atomic mass is 10.0. The summed E-state index contributed by atoms with van der Waals surface area (Å²) in [5.74, 6) is -2.12. The number of halogens is 4. The number of hydrogen-bond donors (Lipinski definition) is 2. The summed E-state index contributed by atoms with van der Waals surface area (Å²) < 4.78 is 55.0. The van der Waals surface area contributed by atoms with Crippen molar-refractivity contribution in [2.45, 2.75) is 25.6 Å². The fourth-order valence-electron chi connectivity index (χ4n) is 3.30. The number of aryl methyl sites for hydroxylation is 1. The maximum Gasteiger partial charge on any atom is 0.418 e. The molecule has 6 nitrogen and oxygen atoms in total. The summed E-state index contributed by atoms with van der Waals surface area (Å²) >= 11 is 0. The van der Waals surface area contributed by atoms with Crippen LogP contribution in [0.4, 0.5) is 34.6 Å². The Balaban J connectivity index is 1.58. The first-order valence-corrected chi connectivity index (χ1v) is 9.58. The van der Waals surface area contributed by atoms with E-state index >= 15 is 0 Å². The van der Waals surface area contributed by atoms with Crippen LogP contribution in [0.3, 0.4) is 0 Å². The first-order chi connectivity index (χ1) is 15.2. The van der Waals surface area contributed by atoms with Gasteiger partial charge in [-0.1, -0.05) is 6.07 Å². The van der Waals surface area contributed by atoms with E-state index < -0.39 is 29.4 Å². The zero-order valence-corrected chi connectivity index (χ0v) is 16.7. The molecule has 10 heteroatoms. The third-order valence-corrected chi connectivity index (χ3v) is 4.88. The average molecular weight is 443 g/mol. The van der Waals surface area contributed by atoms with E-state index in [1.165, 1.54) is 36.7 Å². The van der Waals surface area contributed by atoms with Gasteiger partial charge < -0.3 is 10.6 Å². The first kappa shape index (κ1) is 21.4. The molecule has 0 radical (unpaired) electrons. The number of benzene rings is 2. The van der Waals surface area contributed by atoms with Crippen molar-refractivity contribution in [2.24, 2.45) is 4.99 Å². The molecule has 164 valence electrons. The van der Waals surface area contributed by atoms with Gasteiger partial charge in [0.1, 0.15) is 11.7 Å². The Kier molecular flexibility index (Phi) is 5.60. The fourth-order valence-corrected chi connectivity index (χ4v) is 3.30. The first-order valence-electron chi connectivity index (χ1n) is 9.58. The number of alkyl halides is 3. The maximum absolute atomic E-state index is 14.1. The van der Waals surface area contributed by atoms with Crippen molar-refractivity contribution in [1.82, 2.24) is 9.97 Å². The minimum Gasteiger partial charge on any atom is -0.379 e. The summed E-state index contributed by atoms with van der Waals surface area (Å²) in [5.41, 5.74) is 0.541. The molecule has 0 aliphatic carbocycles. The minimum atomic E-state index is -4.64. The van der Waals surface area contributed by atoms with Gasteiger partial charge in [0.05, 0.1) is 35.4 Å². The summed E-state index contributed by atoms with van der Waals surface area (Å²) in [6.45, 7) is 1.81. The lowest BCUT2D eigenvalue weighted by Crippen LogP contribution is -2.13. The van der Waals surface area contributed by atoms with Gasteiger partial charge in [-0.2, -0.15) is 13.2 Å². The van der Waals surface area contributed by atoms with Crippen LogP contribution in [0.25, 0.3) is 0 Å². The Morgan fingerprint density at radius 3 is 2.72 bits per heavy atom. The van der Waals surface area contributed by atoms with E-state index in [9.17, 15) is 22.4 Å². The molecule has 4 rings (SSSR count). The second kappa shape index (κ2) is 8.37. The Morgan fingerprint density at radius 2 is 2.00 bits per heavy atom. The standard InChI is InChI=1S/C22H17F4N5O/c1-12-8-28-14(9-27-12)10-30-18-6-5-13(7-16(18)22(24,25)26)29-11-15-20-17(23)3-2-4-19(20)31-21(15)32/h2-9,11,15,30H,10H2,1H3,(H,31,32). The molecule has 3 aromatic rings. The predicted molar refractivity (Wildman–Crippen MR) is 111 cm³/mol. The van der Waals surface area contributed by atoms with Gasteiger partial charge >= 0.3 is 6.18 Å². The van der Waals surface area contributed by atoms with E-state index in [4.69, 9.17) is 0 Å². The van der Waals surface area contributed by atoms with Crippen LogP contribution in [0.2, 0.25) is 0 Å². The number of hydrogen-bond acceptors (Lipinski definition) is 5. The van der Waals surface area contributed by atoms with Gasteiger partial charge in [0, 0.05) is 29.3 Å². The number of carbonyl (C=O) groups excluding carboxylic acids is 1. The van der Waals surface area contributed by atoms with Crippen LogP contribution in [-0.4, -0.2) is 22.1 Å². The number of aliphatic imine (C=N–C) groups is 1. The molecule has 2 N–H and O–H groups in total. The van der Waals surface area contributed by atoms with Crippen LogP contribution in [-0.2, 0) is 17.5 Å². The summed E-state index contributed by atoms with van der Waals surface area (Å²) in [7, 11) is 0. The highest BCUT2D eigenvalue weighted by molar-refractivity contribution is 6.12. The average Bonchev–Trinajstić information content (AvgIpc) is 3.07. The molecule has 1 aliphatic heterocycles. The molecule has 2 heterocycles. The largest absolute Gasteiger partial charge is 0.418 e. The Labute approximate surface area is 180 Å². The Morgan fingerprint density at radius 1 is 1.19 bits per heavy atom. The normalized spacial score (nSPS) is 15.7. The maximum atomic E-state index is 14.1. The van der Waals surface area contributed by atoms with Gasteiger partial charge in [-0.25, -0.2) is 4.39 Å². The number of nitrogens with one attached hydrogen (secondary N) is 2. The highest BCUT2D eigenvalue weighted by atomic mass is 19.4. The topological polar surface area (TPSA) is 79.3 Å². The number of carbonyl (C=O) groups is 1. The fraction of sp³-hybridized carbons (Fsp3) is 0.182. The molecule has 2 aromatic carbocycles. The Bertz CT molecular complexity index is 1190. The number of amides is 1. The molecule has 1 atom stereocenters. The van der Waals surface area contributed by atoms with Crippen LogP contribution in [0.1, 0.15) is 28.4 Å². The monoisotopic (exact) mass is 443 g/mol. The zero-order valence-electron chi connectivity index (χ0n) is 16.7. The molecule has 1 aliphatic rings. The number of fused-ring (bicyclic) bond motifs is 1. The van der Waals surface area contributed by atoms with Crippen LogP contribution >= 0.6 is 0 Å². The van der Waals surface area contributed by atoms with Crippen molar-refractivity contribution >= 4 is 29.2 Å². The second-order valence-corrected chi connectivity index (χ2v) is 7.18. The molecule has 32 heavy (non-hydrogen) atoms. The molecule has 0 saturated heterocycles. The molecule has 0 bridgehead atoms. The predicted octanol–water partition coefficient (Wildman–Crippen LogP) is 4.99. The molecule has 0 spiro atoms. The van der Waals surface area contributed by atoms with Crippen molar-refractivity contribution in [3.8, 4) is 0 Å². The summed E-state index contributed by atoms with van der Waals surface area (Å²) in [6, 6.07) is 7.71. The summed E-state index contributed by atoms with van der Waals surface area (Å²) in [6.07, 6.45) is -0.484. The van der Waals surface area contributed by atoms with E-state index in [0.717, 1.165) is 12.3 Å². The van der Waals surface area contributed by atoms with E-state index in [0.29, 0.717) is 17.1 Å². The van der Waals surface area contributed by atoms with Crippen molar-refractivity contribution in [3.05, 3.63) is 77.1 Å². The van der Waals surface area contributed by atoms with E-state index in [1.54, 1.807) is 13.0 Å². The Hall–Kier alpha value is -3.82. The smallest absolute Gasteiger partial charge is 0.379 e. The van der Waals surface area contributed by atoms with Gasteiger partial charge in [-0.05, 0) is 37.3 Å². The highest BCUT2D eigenvalue weighted by Crippen LogP contribution is 2.38. The van der Waals surface area contributed by atoms with Crippen LogP contribution in [0.5, 0.6) is 0 Å². The zero-order chi connectivity index (χ0) is 22.9. The molecule has 1 amide bonds. The van der Waals surface area contributed by atoms with E-state index in [2.05, 4.69) is 25.6 Å². The number of anilines is 2. The van der Waals surface area contributed by atoms with Crippen molar-refractivity contribution in [3.63, 3.8) is 0 Å². The number of aromatic nitrogens is 2. The molecule has 1 aromatic heterocycles. The van der Waals surface area contributed by atoms with Crippen molar-refractivity contribution in [2.75, 3.05) is 10.6 Å². The SMILES string of the molecule is Cc1cnc(CNc2ccc(N=CC3C(=O)Nc4cccc(F)c43)cc2C(F)(F)F)cn1. The van der Waals surface area contributed by atoms with Crippen molar-refractivity contribution in [1.29, 1.82) is 0 Å². The molecule has 0 saturated carbocycles. The van der Waals surface area contributed by atoms with Crippen molar-refractivity contribution < 1.29 is 22.4 Å². The van der Waals surface area contributed by atoms with E-state index in [1.807, 2.05) is 0 Å². The van der Waals surface area contributed by atoms with Crippen LogP contribution in [0.15, 0.2) is 53.8 Å². The van der Waals surface area contributed by atoms with E-state index in [-0.39, 0.29) is 23.5 Å².